The lowest BCUT2D eigenvalue weighted by Gasteiger charge is -2.38. The average molecular weight is 305 g/mol. The van der Waals surface area contributed by atoms with E-state index in [0.717, 1.165) is 29.7 Å². The number of hydrogen-bond acceptors (Lipinski definition) is 2. The van der Waals surface area contributed by atoms with E-state index in [4.69, 9.17) is 11.6 Å². The van der Waals surface area contributed by atoms with Crippen molar-refractivity contribution in [3.05, 3.63) is 46.1 Å². The smallest absolute Gasteiger partial charge is 0.322 e. The first kappa shape index (κ1) is 14.1. The lowest BCUT2D eigenvalue weighted by atomic mass is 9.85. The van der Waals surface area contributed by atoms with Crippen LogP contribution in [0.25, 0.3) is 0 Å². The number of rotatable bonds is 2. The lowest BCUT2D eigenvalue weighted by Crippen LogP contribution is -2.49. The van der Waals surface area contributed by atoms with E-state index in [-0.39, 0.29) is 17.9 Å². The molecule has 1 aromatic carbocycles. The van der Waals surface area contributed by atoms with Gasteiger partial charge in [0.05, 0.1) is 6.04 Å². The molecule has 1 N–H and O–H groups in total. The van der Waals surface area contributed by atoms with Crippen molar-refractivity contribution in [2.75, 3.05) is 6.54 Å². The zero-order chi connectivity index (χ0) is 15.0. The predicted octanol–water partition coefficient (Wildman–Crippen LogP) is 3.43. The minimum absolute atomic E-state index is 0.133. The molecule has 2 aliphatic rings. The van der Waals surface area contributed by atoms with E-state index in [1.807, 2.05) is 19.1 Å². The highest BCUT2D eigenvalue weighted by molar-refractivity contribution is 6.30. The van der Waals surface area contributed by atoms with Crippen molar-refractivity contribution >= 4 is 23.4 Å². The van der Waals surface area contributed by atoms with Gasteiger partial charge in [0.25, 0.3) is 0 Å². The summed E-state index contributed by atoms with van der Waals surface area (Å²) in [5.74, 6) is 0.134. The summed E-state index contributed by atoms with van der Waals surface area (Å²) in [7, 11) is 0. The molecule has 1 heterocycles. The fraction of sp³-hybridized carbons (Fsp3) is 0.375. The van der Waals surface area contributed by atoms with E-state index < -0.39 is 0 Å². The van der Waals surface area contributed by atoms with Crippen LogP contribution in [0.3, 0.4) is 0 Å². The van der Waals surface area contributed by atoms with E-state index in [2.05, 4.69) is 5.32 Å². The highest BCUT2D eigenvalue weighted by Crippen LogP contribution is 2.37. The monoisotopic (exact) mass is 304 g/mol. The number of benzene rings is 1. The molecule has 0 spiro atoms. The van der Waals surface area contributed by atoms with Crippen LogP contribution in [0.5, 0.6) is 0 Å². The molecule has 1 aliphatic heterocycles. The summed E-state index contributed by atoms with van der Waals surface area (Å²) in [6.45, 7) is 2.50. The fourth-order valence-electron chi connectivity index (χ4n) is 3.09. The zero-order valence-corrected chi connectivity index (χ0v) is 12.6. The molecule has 1 atom stereocenters. The van der Waals surface area contributed by atoms with E-state index in [0.29, 0.717) is 18.0 Å². The molecule has 0 bridgehead atoms. The molecule has 110 valence electrons. The van der Waals surface area contributed by atoms with Gasteiger partial charge in [-0.25, -0.2) is 4.79 Å². The van der Waals surface area contributed by atoms with E-state index in [1.54, 1.807) is 17.0 Å². The largest absolute Gasteiger partial charge is 0.327 e. The Balaban J connectivity index is 2.09. The second-order valence-electron chi connectivity index (χ2n) is 5.32. The molecule has 21 heavy (non-hydrogen) atoms. The zero-order valence-electron chi connectivity index (χ0n) is 11.9. The second kappa shape index (κ2) is 5.53. The first-order valence-corrected chi connectivity index (χ1v) is 7.59. The SMILES string of the molecule is CCN1C(=O)NC(c2ccc(Cl)cc2)C2=C1CCCC2=O. The fourth-order valence-corrected chi connectivity index (χ4v) is 3.22. The Hall–Kier alpha value is -1.81. The number of carbonyl (C=O) groups is 2. The molecular formula is C16H17ClN2O2. The third kappa shape index (κ3) is 2.44. The molecule has 0 fully saturated rings. The van der Waals surface area contributed by atoms with Crippen LogP contribution in [0, 0.1) is 0 Å². The Morgan fingerprint density at radius 2 is 1.95 bits per heavy atom. The van der Waals surface area contributed by atoms with Crippen LogP contribution in [0.2, 0.25) is 5.02 Å². The number of halogens is 1. The van der Waals surface area contributed by atoms with Crippen LogP contribution in [-0.4, -0.2) is 23.3 Å². The van der Waals surface area contributed by atoms with Gasteiger partial charge in [-0.1, -0.05) is 23.7 Å². The van der Waals surface area contributed by atoms with Gasteiger partial charge in [0.15, 0.2) is 5.78 Å². The quantitative estimate of drug-likeness (QED) is 0.910. The number of ketones is 1. The first-order chi connectivity index (χ1) is 10.1. The van der Waals surface area contributed by atoms with Crippen molar-refractivity contribution in [1.29, 1.82) is 0 Å². The minimum atomic E-state index is -0.361. The van der Waals surface area contributed by atoms with Gasteiger partial charge in [-0.2, -0.15) is 0 Å². The summed E-state index contributed by atoms with van der Waals surface area (Å²) in [4.78, 5) is 26.3. The van der Waals surface area contributed by atoms with Gasteiger partial charge in [-0.05, 0) is 37.5 Å². The van der Waals surface area contributed by atoms with Crippen molar-refractivity contribution in [2.45, 2.75) is 32.2 Å². The maximum atomic E-state index is 12.4. The predicted molar refractivity (Wildman–Crippen MR) is 81.0 cm³/mol. The standard InChI is InChI=1S/C16H17ClN2O2/c1-2-19-12-4-3-5-13(20)14(12)15(18-16(19)21)10-6-8-11(17)9-7-10/h6-9,15H,2-5H2,1H3,(H,18,21). The average Bonchev–Trinajstić information content (AvgIpc) is 2.47. The highest BCUT2D eigenvalue weighted by atomic mass is 35.5. The number of amides is 2. The molecule has 1 aromatic rings. The Kier molecular flexibility index (Phi) is 3.72. The first-order valence-electron chi connectivity index (χ1n) is 7.21. The van der Waals surface area contributed by atoms with Crippen LogP contribution >= 0.6 is 11.6 Å². The number of Topliss-reactive ketones (excluding diaryl/α,β-unsaturated/α-hetero) is 1. The number of nitrogens with zero attached hydrogens (tertiary/aromatic N) is 1. The van der Waals surface area contributed by atoms with Gasteiger partial charge in [0.2, 0.25) is 0 Å². The molecule has 2 amide bonds. The normalized spacial score (nSPS) is 22.2. The third-order valence-electron chi connectivity index (χ3n) is 4.08. The molecule has 0 saturated carbocycles. The Morgan fingerprint density at radius 3 is 2.62 bits per heavy atom. The van der Waals surface area contributed by atoms with E-state index in [9.17, 15) is 9.59 Å². The molecule has 0 saturated heterocycles. The summed E-state index contributed by atoms with van der Waals surface area (Å²) in [6, 6.07) is 6.79. The van der Waals surface area contributed by atoms with Crippen LogP contribution < -0.4 is 5.32 Å². The summed E-state index contributed by atoms with van der Waals surface area (Å²) in [5, 5.41) is 3.59. The van der Waals surface area contributed by atoms with Crippen LogP contribution in [0.1, 0.15) is 37.8 Å². The van der Waals surface area contributed by atoms with Gasteiger partial charge in [-0.15, -0.1) is 0 Å². The van der Waals surface area contributed by atoms with Crippen LogP contribution in [0.15, 0.2) is 35.5 Å². The summed E-state index contributed by atoms with van der Waals surface area (Å²) < 4.78 is 0. The third-order valence-corrected chi connectivity index (χ3v) is 4.33. The summed E-state index contributed by atoms with van der Waals surface area (Å²) >= 11 is 5.92. The van der Waals surface area contributed by atoms with Gasteiger partial charge in [0.1, 0.15) is 0 Å². The van der Waals surface area contributed by atoms with Crippen LogP contribution in [0.4, 0.5) is 4.79 Å². The minimum Gasteiger partial charge on any atom is -0.327 e. The van der Waals surface area contributed by atoms with Crippen molar-refractivity contribution in [3.8, 4) is 0 Å². The molecule has 1 aliphatic carbocycles. The molecule has 4 nitrogen and oxygen atoms in total. The van der Waals surface area contributed by atoms with E-state index in [1.165, 1.54) is 0 Å². The number of hydrogen-bond donors (Lipinski definition) is 1. The summed E-state index contributed by atoms with van der Waals surface area (Å²) in [5.41, 5.74) is 2.52. The van der Waals surface area contributed by atoms with Gasteiger partial charge < -0.3 is 5.32 Å². The molecule has 1 unspecified atom stereocenters. The van der Waals surface area contributed by atoms with E-state index >= 15 is 0 Å². The Bertz CT molecular complexity index is 622. The molecule has 0 radical (unpaired) electrons. The van der Waals surface area contributed by atoms with Crippen LogP contribution in [-0.2, 0) is 4.79 Å². The van der Waals surface area contributed by atoms with Gasteiger partial charge in [0, 0.05) is 29.3 Å². The van der Waals surface area contributed by atoms with Gasteiger partial charge >= 0.3 is 6.03 Å². The Labute approximate surface area is 128 Å². The van der Waals surface area contributed by atoms with Crippen molar-refractivity contribution in [3.63, 3.8) is 0 Å². The van der Waals surface area contributed by atoms with Crippen molar-refractivity contribution in [1.82, 2.24) is 10.2 Å². The van der Waals surface area contributed by atoms with Crippen molar-refractivity contribution in [2.24, 2.45) is 0 Å². The maximum absolute atomic E-state index is 12.4. The topological polar surface area (TPSA) is 49.4 Å². The molecule has 3 rings (SSSR count). The number of carbonyl (C=O) groups excluding carboxylic acids is 2. The Morgan fingerprint density at radius 1 is 1.24 bits per heavy atom. The second-order valence-corrected chi connectivity index (χ2v) is 5.75. The highest BCUT2D eigenvalue weighted by Gasteiger charge is 2.37. The number of nitrogens with one attached hydrogen (secondary N) is 1. The number of allylic oxidation sites excluding steroid dienone is 1. The molecule has 5 heteroatoms. The summed E-state index contributed by atoms with van der Waals surface area (Å²) in [6.07, 6.45) is 2.15. The lowest BCUT2D eigenvalue weighted by molar-refractivity contribution is -0.116. The number of urea groups is 1. The molecular weight excluding hydrogens is 288 g/mol. The maximum Gasteiger partial charge on any atom is 0.322 e. The van der Waals surface area contributed by atoms with Gasteiger partial charge in [-0.3, -0.25) is 9.69 Å². The van der Waals surface area contributed by atoms with Crippen molar-refractivity contribution < 1.29 is 9.59 Å². The molecule has 0 aromatic heterocycles.